The number of carbonyl (C=O) groups is 1. The summed E-state index contributed by atoms with van der Waals surface area (Å²) in [6, 6.07) is 16.1. The summed E-state index contributed by atoms with van der Waals surface area (Å²) in [7, 11) is 0. The molecule has 0 unspecified atom stereocenters. The molecule has 25 heavy (non-hydrogen) atoms. The molecular formula is C21H20O3S. The zero-order chi connectivity index (χ0) is 18.1. The number of hydrogen-bond donors (Lipinski definition) is 2. The van der Waals surface area contributed by atoms with Crippen molar-refractivity contribution in [3.8, 4) is 5.75 Å². The third kappa shape index (κ3) is 3.22. The topological polar surface area (TPSA) is 57.5 Å². The van der Waals surface area contributed by atoms with Gasteiger partial charge in [-0.25, -0.2) is 4.79 Å². The van der Waals surface area contributed by atoms with Crippen LogP contribution in [0.25, 0.3) is 10.8 Å². The molecule has 0 aliphatic heterocycles. The van der Waals surface area contributed by atoms with Gasteiger partial charge in [0.1, 0.15) is 11.3 Å². The smallest absolute Gasteiger partial charge is 0.339 e. The minimum Gasteiger partial charge on any atom is -0.507 e. The Kier molecular flexibility index (Phi) is 4.73. The van der Waals surface area contributed by atoms with E-state index in [0.717, 1.165) is 20.6 Å². The van der Waals surface area contributed by atoms with Gasteiger partial charge in [-0.3, -0.25) is 0 Å². The number of aromatic hydroxyl groups is 1. The molecule has 0 atom stereocenters. The maximum absolute atomic E-state index is 11.7. The van der Waals surface area contributed by atoms with Gasteiger partial charge in [-0.1, -0.05) is 62.0 Å². The fourth-order valence-electron chi connectivity index (χ4n) is 2.97. The van der Waals surface area contributed by atoms with Crippen LogP contribution >= 0.6 is 11.8 Å². The van der Waals surface area contributed by atoms with Gasteiger partial charge in [0.2, 0.25) is 0 Å². The zero-order valence-electron chi connectivity index (χ0n) is 14.4. The number of aromatic carboxylic acids is 1. The van der Waals surface area contributed by atoms with E-state index in [1.807, 2.05) is 44.2 Å². The Balaban J connectivity index is 2.18. The van der Waals surface area contributed by atoms with Crippen LogP contribution in [0.4, 0.5) is 0 Å². The van der Waals surface area contributed by atoms with E-state index in [4.69, 9.17) is 0 Å². The fourth-order valence-corrected chi connectivity index (χ4v) is 4.09. The van der Waals surface area contributed by atoms with Gasteiger partial charge in [0.15, 0.2) is 0 Å². The molecule has 128 valence electrons. The van der Waals surface area contributed by atoms with Crippen LogP contribution in [0, 0.1) is 6.92 Å². The molecule has 3 rings (SSSR count). The maximum atomic E-state index is 11.7. The van der Waals surface area contributed by atoms with Gasteiger partial charge in [0.05, 0.1) is 0 Å². The minimum atomic E-state index is -1.10. The standard InChI is InChI=1S/C21H20O3S/c1-12(2)16-11-18(13(3)19(20(16)22)21(23)24)25-17-10-6-8-14-7-4-5-9-15(14)17/h4-12,22H,1-3H3,(H,23,24). The molecule has 2 N–H and O–H groups in total. The first-order valence-corrected chi connectivity index (χ1v) is 8.97. The molecule has 0 saturated carbocycles. The van der Waals surface area contributed by atoms with E-state index in [0.29, 0.717) is 11.1 Å². The lowest BCUT2D eigenvalue weighted by molar-refractivity contribution is 0.0692. The van der Waals surface area contributed by atoms with Crippen molar-refractivity contribution in [1.82, 2.24) is 0 Å². The van der Waals surface area contributed by atoms with Crippen LogP contribution in [0.3, 0.4) is 0 Å². The Morgan fingerprint density at radius 3 is 2.40 bits per heavy atom. The Hall–Kier alpha value is -2.46. The highest BCUT2D eigenvalue weighted by Gasteiger charge is 2.22. The highest BCUT2D eigenvalue weighted by Crippen LogP contribution is 2.41. The van der Waals surface area contributed by atoms with E-state index in [9.17, 15) is 15.0 Å². The van der Waals surface area contributed by atoms with Crippen molar-refractivity contribution >= 4 is 28.5 Å². The summed E-state index contributed by atoms with van der Waals surface area (Å²) in [5, 5.41) is 22.2. The van der Waals surface area contributed by atoms with Crippen molar-refractivity contribution in [2.45, 2.75) is 36.5 Å². The average Bonchev–Trinajstić information content (AvgIpc) is 2.57. The Bertz CT molecular complexity index is 956. The van der Waals surface area contributed by atoms with Crippen molar-refractivity contribution in [3.05, 3.63) is 65.2 Å². The van der Waals surface area contributed by atoms with Crippen molar-refractivity contribution in [3.63, 3.8) is 0 Å². The second-order valence-corrected chi connectivity index (χ2v) is 7.44. The second-order valence-electron chi connectivity index (χ2n) is 6.35. The molecule has 0 heterocycles. The number of rotatable bonds is 4. The minimum absolute atomic E-state index is 0.00561. The summed E-state index contributed by atoms with van der Waals surface area (Å²) in [5.41, 5.74) is 1.24. The first-order chi connectivity index (χ1) is 11.9. The highest BCUT2D eigenvalue weighted by molar-refractivity contribution is 7.99. The largest absolute Gasteiger partial charge is 0.507 e. The van der Waals surface area contributed by atoms with E-state index >= 15 is 0 Å². The number of carboxylic acid groups (broad SMARTS) is 1. The molecule has 3 nitrogen and oxygen atoms in total. The van der Waals surface area contributed by atoms with Gasteiger partial charge < -0.3 is 10.2 Å². The number of phenols is 1. The molecule has 0 aliphatic rings. The summed E-state index contributed by atoms with van der Waals surface area (Å²) < 4.78 is 0. The molecule has 0 bridgehead atoms. The van der Waals surface area contributed by atoms with Crippen LogP contribution in [0.5, 0.6) is 5.75 Å². The first-order valence-electron chi connectivity index (χ1n) is 8.15. The number of benzene rings is 3. The van der Waals surface area contributed by atoms with Gasteiger partial charge in [-0.2, -0.15) is 0 Å². The van der Waals surface area contributed by atoms with Gasteiger partial charge in [0, 0.05) is 9.79 Å². The SMILES string of the molecule is Cc1c(Sc2cccc3ccccc23)cc(C(C)C)c(O)c1C(=O)O. The van der Waals surface area contributed by atoms with Gasteiger partial charge in [-0.15, -0.1) is 0 Å². The molecule has 4 heteroatoms. The maximum Gasteiger partial charge on any atom is 0.339 e. The Morgan fingerprint density at radius 2 is 1.72 bits per heavy atom. The summed E-state index contributed by atoms with van der Waals surface area (Å²) in [4.78, 5) is 13.6. The summed E-state index contributed by atoms with van der Waals surface area (Å²) in [5.74, 6) is -1.19. The van der Waals surface area contributed by atoms with Gasteiger partial charge in [-0.05, 0) is 46.9 Å². The third-order valence-electron chi connectivity index (χ3n) is 4.35. The van der Waals surface area contributed by atoms with Gasteiger partial charge in [0.25, 0.3) is 0 Å². The van der Waals surface area contributed by atoms with E-state index in [1.165, 1.54) is 0 Å². The normalized spacial score (nSPS) is 11.2. The highest BCUT2D eigenvalue weighted by atomic mass is 32.2. The predicted molar refractivity (Wildman–Crippen MR) is 102 cm³/mol. The van der Waals surface area contributed by atoms with Crippen LogP contribution in [-0.4, -0.2) is 16.2 Å². The van der Waals surface area contributed by atoms with Crippen LogP contribution in [0.2, 0.25) is 0 Å². The number of hydrogen-bond acceptors (Lipinski definition) is 3. The Labute approximate surface area is 151 Å². The van der Waals surface area contributed by atoms with Crippen LogP contribution in [-0.2, 0) is 0 Å². The molecular weight excluding hydrogens is 332 g/mol. The van der Waals surface area contributed by atoms with Crippen molar-refractivity contribution in [1.29, 1.82) is 0 Å². The lowest BCUT2D eigenvalue weighted by atomic mass is 9.96. The molecule has 0 aliphatic carbocycles. The molecule has 3 aromatic carbocycles. The lowest BCUT2D eigenvalue weighted by Gasteiger charge is -2.17. The fraction of sp³-hybridized carbons (Fsp3) is 0.190. The van der Waals surface area contributed by atoms with Crippen LogP contribution < -0.4 is 0 Å². The number of fused-ring (bicyclic) bond motifs is 1. The van der Waals surface area contributed by atoms with E-state index in [-0.39, 0.29) is 17.2 Å². The Morgan fingerprint density at radius 1 is 1.04 bits per heavy atom. The second kappa shape index (κ2) is 6.81. The number of carboxylic acids is 1. The molecule has 0 aromatic heterocycles. The summed E-state index contributed by atoms with van der Waals surface area (Å²) >= 11 is 1.54. The lowest BCUT2D eigenvalue weighted by Crippen LogP contribution is -2.05. The quantitative estimate of drug-likeness (QED) is 0.620. The van der Waals surface area contributed by atoms with Crippen molar-refractivity contribution < 1.29 is 15.0 Å². The summed E-state index contributed by atoms with van der Waals surface area (Å²) in [6.07, 6.45) is 0. The van der Waals surface area contributed by atoms with E-state index in [1.54, 1.807) is 18.7 Å². The monoisotopic (exact) mass is 352 g/mol. The van der Waals surface area contributed by atoms with E-state index < -0.39 is 5.97 Å². The third-order valence-corrected chi connectivity index (χ3v) is 5.57. The molecule has 0 spiro atoms. The first kappa shape index (κ1) is 17.4. The van der Waals surface area contributed by atoms with Gasteiger partial charge >= 0.3 is 5.97 Å². The average molecular weight is 352 g/mol. The summed E-state index contributed by atoms with van der Waals surface area (Å²) in [6.45, 7) is 5.64. The molecule has 0 fully saturated rings. The molecule has 0 saturated heterocycles. The van der Waals surface area contributed by atoms with Crippen LogP contribution in [0.15, 0.2) is 58.3 Å². The zero-order valence-corrected chi connectivity index (χ0v) is 15.2. The van der Waals surface area contributed by atoms with Crippen LogP contribution in [0.1, 0.15) is 41.3 Å². The van der Waals surface area contributed by atoms with Crippen molar-refractivity contribution in [2.75, 3.05) is 0 Å². The molecule has 0 amide bonds. The van der Waals surface area contributed by atoms with E-state index in [2.05, 4.69) is 18.2 Å². The molecule has 3 aromatic rings. The predicted octanol–water partition coefficient (Wildman–Crippen LogP) is 5.83. The van der Waals surface area contributed by atoms with Crippen molar-refractivity contribution in [2.24, 2.45) is 0 Å². The molecule has 0 radical (unpaired) electrons.